The van der Waals surface area contributed by atoms with E-state index in [1.807, 2.05) is 26.0 Å². The molecule has 0 spiro atoms. The number of hydrogen-bond donors (Lipinski definition) is 1. The quantitative estimate of drug-likeness (QED) is 0.700. The van der Waals surface area contributed by atoms with Crippen LogP contribution in [-0.4, -0.2) is 10.9 Å². The minimum Gasteiger partial charge on any atom is -0.508 e. The Morgan fingerprint density at radius 1 is 1.37 bits per heavy atom. The molecule has 19 heavy (non-hydrogen) atoms. The van der Waals surface area contributed by atoms with Crippen LogP contribution in [0.25, 0.3) is 5.57 Å². The van der Waals surface area contributed by atoms with Crippen molar-refractivity contribution >= 4 is 11.4 Å². The number of Topliss-reactive ketones (excluding diaryl/α,β-unsaturated/α-hetero) is 1. The average molecular weight is 382 g/mol. The molecular weight excluding hydrogens is 365 g/mol. The van der Waals surface area contributed by atoms with Gasteiger partial charge in [0.25, 0.3) is 0 Å². The Bertz CT molecular complexity index is 588. The van der Waals surface area contributed by atoms with Crippen molar-refractivity contribution in [3.63, 3.8) is 0 Å². The summed E-state index contributed by atoms with van der Waals surface area (Å²) < 4.78 is 0. The van der Waals surface area contributed by atoms with E-state index in [0.717, 1.165) is 35.5 Å². The molecule has 0 aromatic heterocycles. The van der Waals surface area contributed by atoms with Gasteiger partial charge in [0, 0.05) is 47.1 Å². The molecule has 0 heterocycles. The van der Waals surface area contributed by atoms with Crippen molar-refractivity contribution in [2.75, 3.05) is 0 Å². The minimum atomic E-state index is 0. The maximum Gasteiger partial charge on any atom is 0.115 e. The Morgan fingerprint density at radius 2 is 2.05 bits per heavy atom. The van der Waals surface area contributed by atoms with Gasteiger partial charge in [0.1, 0.15) is 5.75 Å². The van der Waals surface area contributed by atoms with E-state index < -0.39 is 0 Å². The van der Waals surface area contributed by atoms with Gasteiger partial charge in [0.2, 0.25) is 0 Å². The maximum absolute atomic E-state index is 12.1. The van der Waals surface area contributed by atoms with Crippen LogP contribution in [0.4, 0.5) is 0 Å². The molecule has 2 aliphatic rings. The van der Waals surface area contributed by atoms with Gasteiger partial charge in [0.15, 0.2) is 0 Å². The van der Waals surface area contributed by atoms with E-state index in [2.05, 4.69) is 6.92 Å². The third-order valence-electron chi connectivity index (χ3n) is 4.30. The van der Waals surface area contributed by atoms with Crippen molar-refractivity contribution in [1.29, 1.82) is 0 Å². The Kier molecular flexibility index (Phi) is 3.88. The van der Waals surface area contributed by atoms with Crippen molar-refractivity contribution in [1.82, 2.24) is 0 Å². The standard InChI is InChI=1S/C16H17O2.Pr/c1-9-7-16(3)8-11-6-12(17)4-5-13(11)14(16)10(2)15(9)18;/h4-6,17H,7-8H2,1-3H3;/q-1;/t16-;/m0./s1. The van der Waals surface area contributed by atoms with Crippen LogP contribution in [0.2, 0.25) is 0 Å². The fourth-order valence-electron chi connectivity index (χ4n) is 3.71. The number of phenolic OH excluding ortho intramolecular Hbond substituents is 1. The number of allylic oxidation sites excluding steroid dienone is 2. The summed E-state index contributed by atoms with van der Waals surface area (Å²) in [6.07, 6.45) is 1.74. The van der Waals surface area contributed by atoms with Gasteiger partial charge in [-0.3, -0.25) is 0 Å². The zero-order valence-electron chi connectivity index (χ0n) is 11.6. The van der Waals surface area contributed by atoms with E-state index in [-0.39, 0.29) is 52.5 Å². The van der Waals surface area contributed by atoms with E-state index in [1.165, 1.54) is 5.57 Å². The molecule has 0 saturated carbocycles. The van der Waals surface area contributed by atoms with E-state index in [0.29, 0.717) is 5.75 Å². The van der Waals surface area contributed by atoms with Gasteiger partial charge < -0.3 is 9.90 Å². The summed E-state index contributed by atoms with van der Waals surface area (Å²) in [7, 11) is 0. The Labute approximate surface area is 147 Å². The van der Waals surface area contributed by atoms with Crippen molar-refractivity contribution in [3.05, 3.63) is 40.8 Å². The van der Waals surface area contributed by atoms with E-state index in [9.17, 15) is 9.90 Å². The van der Waals surface area contributed by atoms with Crippen LogP contribution in [0.3, 0.4) is 0 Å². The first-order chi connectivity index (χ1) is 8.42. The topological polar surface area (TPSA) is 37.3 Å². The van der Waals surface area contributed by atoms with Crippen molar-refractivity contribution < 1.29 is 51.2 Å². The van der Waals surface area contributed by atoms with E-state index in [4.69, 9.17) is 0 Å². The van der Waals surface area contributed by atoms with Crippen LogP contribution in [0.15, 0.2) is 23.8 Å². The number of ketones is 1. The van der Waals surface area contributed by atoms with Crippen molar-refractivity contribution in [2.45, 2.75) is 33.6 Å². The third-order valence-corrected chi connectivity index (χ3v) is 4.30. The molecule has 0 saturated heterocycles. The largest absolute Gasteiger partial charge is 0.508 e. The molecule has 0 amide bonds. The summed E-state index contributed by atoms with van der Waals surface area (Å²) in [6, 6.07) is 5.49. The van der Waals surface area contributed by atoms with Crippen LogP contribution in [-0.2, 0) is 11.2 Å². The molecule has 0 bridgehead atoms. The molecule has 2 nitrogen and oxygen atoms in total. The van der Waals surface area contributed by atoms with Crippen molar-refractivity contribution in [2.24, 2.45) is 5.41 Å². The molecule has 0 fully saturated rings. The number of carbonyl (C=O) groups excluding carboxylic acids is 1. The summed E-state index contributed by atoms with van der Waals surface area (Å²) in [5.74, 6) is 1.46. The first kappa shape index (κ1) is 15.1. The normalized spacial score (nSPS) is 25.0. The Balaban J connectivity index is 0.00000133. The predicted octanol–water partition coefficient (Wildman–Crippen LogP) is 3.30. The van der Waals surface area contributed by atoms with Crippen LogP contribution >= 0.6 is 0 Å². The predicted molar refractivity (Wildman–Crippen MR) is 71.1 cm³/mol. The number of aromatic hydroxyl groups is 1. The monoisotopic (exact) mass is 382 g/mol. The molecule has 0 unspecified atom stereocenters. The summed E-state index contributed by atoms with van der Waals surface area (Å²) in [5.41, 5.74) is 4.40. The second-order valence-electron chi connectivity index (χ2n) is 5.87. The number of carbonyl (C=O) groups is 1. The van der Waals surface area contributed by atoms with Gasteiger partial charge in [-0.05, 0) is 35.1 Å². The summed E-state index contributed by atoms with van der Waals surface area (Å²) in [5, 5.41) is 9.60. The fourth-order valence-corrected chi connectivity index (χ4v) is 3.71. The maximum atomic E-state index is 12.1. The van der Waals surface area contributed by atoms with Gasteiger partial charge in [-0.2, -0.15) is 5.92 Å². The molecule has 2 aliphatic carbocycles. The molecule has 1 atom stereocenters. The summed E-state index contributed by atoms with van der Waals surface area (Å²) in [6.45, 7) is 6.09. The van der Waals surface area contributed by atoms with Crippen LogP contribution in [0.1, 0.15) is 38.3 Å². The minimum absolute atomic E-state index is 0. The number of fused-ring (bicyclic) bond motifs is 3. The first-order valence-electron chi connectivity index (χ1n) is 6.33. The first-order valence-corrected chi connectivity index (χ1v) is 6.33. The summed E-state index contributed by atoms with van der Waals surface area (Å²) >= 11 is 0. The molecule has 1 aromatic rings. The number of rotatable bonds is 0. The molecular formula is C16H17O2Pr-. The SMILES string of the molecule is CC1=C2c3ccc(O)cc3C[C@]2(C)C[C-](C)C1=O.[Pr]. The molecule has 1 radical (unpaired) electrons. The molecule has 97 valence electrons. The van der Waals surface area contributed by atoms with E-state index in [1.54, 1.807) is 6.07 Å². The van der Waals surface area contributed by atoms with Crippen LogP contribution < -0.4 is 0 Å². The fraction of sp³-hybridized carbons (Fsp3) is 0.375. The van der Waals surface area contributed by atoms with Gasteiger partial charge in [0.05, 0.1) is 0 Å². The van der Waals surface area contributed by atoms with Crippen LogP contribution in [0.5, 0.6) is 5.75 Å². The van der Waals surface area contributed by atoms with E-state index >= 15 is 0 Å². The second kappa shape index (κ2) is 4.89. The van der Waals surface area contributed by atoms with Gasteiger partial charge >= 0.3 is 0 Å². The van der Waals surface area contributed by atoms with Gasteiger partial charge in [-0.15, -0.1) is 25.0 Å². The Morgan fingerprint density at radius 3 is 2.74 bits per heavy atom. The van der Waals surface area contributed by atoms with Crippen molar-refractivity contribution in [3.8, 4) is 5.75 Å². The van der Waals surface area contributed by atoms with Gasteiger partial charge in [-0.1, -0.05) is 19.4 Å². The molecule has 3 heteroatoms. The molecule has 1 N–H and O–H groups in total. The third kappa shape index (κ3) is 2.17. The van der Waals surface area contributed by atoms with Crippen LogP contribution in [0, 0.1) is 52.6 Å². The second-order valence-corrected chi connectivity index (χ2v) is 5.87. The van der Waals surface area contributed by atoms with Gasteiger partial charge in [-0.25, -0.2) is 0 Å². The Hall–Kier alpha value is -0.336. The molecule has 0 aliphatic heterocycles. The zero-order valence-corrected chi connectivity index (χ0v) is 15.3. The average Bonchev–Trinajstić information content (AvgIpc) is 2.57. The number of phenols is 1. The number of hydrogen-bond acceptors (Lipinski definition) is 2. The molecule has 3 rings (SSSR count). The zero-order chi connectivity index (χ0) is 13.1. The molecule has 1 aromatic carbocycles. The number of benzene rings is 1. The smallest absolute Gasteiger partial charge is 0.115 e. The summed E-state index contributed by atoms with van der Waals surface area (Å²) in [4.78, 5) is 12.1.